The predicted molar refractivity (Wildman–Crippen MR) is 139 cm³/mol. The zero-order valence-corrected chi connectivity index (χ0v) is 22.4. The number of nitrogens with one attached hydrogen (secondary N) is 1. The molecule has 3 aromatic rings. The lowest BCUT2D eigenvalue weighted by atomic mass is 9.88. The van der Waals surface area contributed by atoms with Crippen LogP contribution in [0.2, 0.25) is 0 Å². The summed E-state index contributed by atoms with van der Waals surface area (Å²) in [5, 5.41) is 2.82. The topological polar surface area (TPSA) is 125 Å². The molecule has 0 bridgehead atoms. The molecule has 0 aliphatic carbocycles. The van der Waals surface area contributed by atoms with Crippen molar-refractivity contribution in [1.82, 2.24) is 10.3 Å². The Bertz CT molecular complexity index is 1210. The monoisotopic (exact) mass is 522 g/mol. The van der Waals surface area contributed by atoms with Crippen molar-refractivity contribution >= 4 is 18.0 Å². The van der Waals surface area contributed by atoms with Gasteiger partial charge in [0.05, 0.1) is 6.61 Å². The van der Waals surface area contributed by atoms with Gasteiger partial charge in [-0.2, -0.15) is 9.59 Å². The Morgan fingerprint density at radius 3 is 2.08 bits per heavy atom. The molecule has 0 aliphatic rings. The van der Waals surface area contributed by atoms with Crippen LogP contribution >= 0.6 is 0 Å². The Kier molecular flexibility index (Phi) is 11.4. The number of esters is 1. The van der Waals surface area contributed by atoms with Gasteiger partial charge in [0.15, 0.2) is 5.89 Å². The van der Waals surface area contributed by atoms with Crippen LogP contribution in [0.25, 0.3) is 11.3 Å². The zero-order valence-electron chi connectivity index (χ0n) is 22.4. The van der Waals surface area contributed by atoms with Gasteiger partial charge in [-0.25, -0.2) is 9.78 Å². The lowest BCUT2D eigenvalue weighted by molar-refractivity contribution is -0.191. The molecule has 0 radical (unpaired) electrons. The van der Waals surface area contributed by atoms with Crippen molar-refractivity contribution in [2.24, 2.45) is 0 Å². The van der Waals surface area contributed by atoms with Gasteiger partial charge < -0.3 is 19.2 Å². The van der Waals surface area contributed by atoms with Crippen LogP contribution < -0.4 is 10.1 Å². The Hall–Kier alpha value is -4.23. The summed E-state index contributed by atoms with van der Waals surface area (Å²) in [4.78, 5) is 45.1. The Labute approximate surface area is 222 Å². The number of ether oxygens (including phenoxy) is 2. The maximum Gasteiger partial charge on any atom is 0.373 e. The van der Waals surface area contributed by atoms with E-state index >= 15 is 0 Å². The fraction of sp³-hybridized carbons (Fsp3) is 0.379. The Morgan fingerprint density at radius 1 is 1.03 bits per heavy atom. The molecule has 2 aromatic carbocycles. The van der Waals surface area contributed by atoms with E-state index in [4.69, 9.17) is 23.5 Å². The lowest BCUT2D eigenvalue weighted by Gasteiger charge is -2.31. The van der Waals surface area contributed by atoms with Gasteiger partial charge in [0.2, 0.25) is 5.91 Å². The number of hydrogen-bond donors (Lipinski definition) is 1. The number of carbonyl (C=O) groups excluding carboxylic acids is 4. The molecule has 1 heterocycles. The van der Waals surface area contributed by atoms with E-state index in [1.165, 1.54) is 6.92 Å². The second-order valence-corrected chi connectivity index (χ2v) is 8.92. The minimum absolute atomic E-state index is 0.239. The van der Waals surface area contributed by atoms with Crippen molar-refractivity contribution in [2.75, 3.05) is 6.61 Å². The van der Waals surface area contributed by atoms with Crippen LogP contribution in [0.5, 0.6) is 11.5 Å². The van der Waals surface area contributed by atoms with Crippen LogP contribution in [0, 0.1) is 0 Å². The summed E-state index contributed by atoms with van der Waals surface area (Å²) >= 11 is 0. The fourth-order valence-corrected chi connectivity index (χ4v) is 3.83. The second kappa shape index (κ2) is 14.5. The second-order valence-electron chi connectivity index (χ2n) is 8.92. The molecule has 1 unspecified atom stereocenters. The summed E-state index contributed by atoms with van der Waals surface area (Å²) in [6.07, 6.45) is 3.43. The van der Waals surface area contributed by atoms with Crippen LogP contribution in [-0.4, -0.2) is 35.2 Å². The fourth-order valence-electron chi connectivity index (χ4n) is 3.83. The largest absolute Gasteiger partial charge is 0.464 e. The highest BCUT2D eigenvalue weighted by molar-refractivity contribution is 5.87. The minimum atomic E-state index is -1.03. The number of amides is 1. The first kappa shape index (κ1) is 30.0. The van der Waals surface area contributed by atoms with Crippen molar-refractivity contribution < 1.29 is 33.1 Å². The van der Waals surface area contributed by atoms with Gasteiger partial charge in [-0.05, 0) is 68.1 Å². The van der Waals surface area contributed by atoms with Gasteiger partial charge in [0.1, 0.15) is 29.0 Å². The summed E-state index contributed by atoms with van der Waals surface area (Å²) in [5.41, 5.74) is 1.77. The van der Waals surface area contributed by atoms with Crippen molar-refractivity contribution in [3.8, 4) is 22.8 Å². The zero-order chi connectivity index (χ0) is 28.1. The molecule has 3 rings (SSSR count). The van der Waals surface area contributed by atoms with Crippen LogP contribution in [0.1, 0.15) is 64.8 Å². The van der Waals surface area contributed by atoms with E-state index in [-0.39, 0.29) is 24.6 Å². The Morgan fingerprint density at radius 2 is 1.61 bits per heavy atom. The summed E-state index contributed by atoms with van der Waals surface area (Å²) in [5.74, 6) is 1.73. The molecule has 1 atom stereocenters. The van der Waals surface area contributed by atoms with Gasteiger partial charge in [0, 0.05) is 18.4 Å². The van der Waals surface area contributed by atoms with Gasteiger partial charge >= 0.3 is 12.1 Å². The molecule has 0 spiro atoms. The number of benzene rings is 2. The number of oxazole rings is 1. The van der Waals surface area contributed by atoms with E-state index in [2.05, 4.69) is 10.3 Å². The average molecular weight is 523 g/mol. The summed E-state index contributed by atoms with van der Waals surface area (Å²) in [7, 11) is 0. The molecule has 0 aliphatic heterocycles. The molecule has 0 fully saturated rings. The molecule has 38 heavy (non-hydrogen) atoms. The molecule has 9 nitrogen and oxygen atoms in total. The third-order valence-corrected chi connectivity index (χ3v) is 5.85. The molecule has 0 saturated carbocycles. The highest BCUT2D eigenvalue weighted by Crippen LogP contribution is 2.28. The van der Waals surface area contributed by atoms with Crippen LogP contribution in [0.3, 0.4) is 0 Å². The van der Waals surface area contributed by atoms with Crippen molar-refractivity contribution in [1.29, 1.82) is 0 Å². The van der Waals surface area contributed by atoms with Gasteiger partial charge in [0.25, 0.3) is 0 Å². The van der Waals surface area contributed by atoms with E-state index < -0.39 is 11.5 Å². The number of hydrogen-bond acceptors (Lipinski definition) is 8. The molecule has 9 heteroatoms. The third-order valence-electron chi connectivity index (χ3n) is 5.85. The number of carbonyl (C=O) groups is 2. The smallest absolute Gasteiger partial charge is 0.373 e. The van der Waals surface area contributed by atoms with Gasteiger partial charge in [-0.1, -0.05) is 32.9 Å². The molecule has 1 amide bonds. The first-order chi connectivity index (χ1) is 18.2. The summed E-state index contributed by atoms with van der Waals surface area (Å²) in [6.45, 7) is 9.40. The number of aryl methyl sites for hydroxylation is 1. The molecule has 0 saturated heterocycles. The van der Waals surface area contributed by atoms with E-state index in [1.54, 1.807) is 13.2 Å². The minimum Gasteiger partial charge on any atom is -0.464 e. The Balaban J connectivity index is 0.00000161. The molecule has 202 valence electrons. The van der Waals surface area contributed by atoms with Gasteiger partial charge in [-0.3, -0.25) is 4.79 Å². The molecule has 1 aromatic heterocycles. The molecule has 1 N–H and O–H groups in total. The maximum atomic E-state index is 12.6. The first-order valence-corrected chi connectivity index (χ1v) is 12.5. The number of nitrogens with zero attached hydrogens (tertiary/aromatic N) is 1. The third kappa shape index (κ3) is 8.42. The molecular weight excluding hydrogens is 488 g/mol. The first-order valence-electron chi connectivity index (χ1n) is 12.5. The van der Waals surface area contributed by atoms with E-state index in [0.29, 0.717) is 30.8 Å². The molecular formula is C29H34N2O7. The SMILES string of the molecule is CCOC(=O)C(CC)(CCc1ccc(Oc2ccc(-c3coc(C(C)C)n3)cc2)cc1)NC(C)=O.O=C=O. The van der Waals surface area contributed by atoms with E-state index in [0.717, 1.165) is 22.7 Å². The quantitative estimate of drug-likeness (QED) is 0.329. The average Bonchev–Trinajstić information content (AvgIpc) is 3.39. The van der Waals surface area contributed by atoms with Crippen molar-refractivity contribution in [3.05, 3.63) is 66.2 Å². The standard InChI is InChI=1S/C28H34N2O5.CO2/c1-6-28(30-20(5)31,27(32)33-7-2)17-16-21-8-12-23(13-9-21)35-24-14-10-22(11-15-24)25-18-34-26(29-25)19(3)4;2-1-3/h8-15,18-19H,6-7,16-17H2,1-5H3,(H,30,31);. The number of rotatable bonds is 11. The predicted octanol–water partition coefficient (Wildman–Crippen LogP) is 5.45. The number of aromatic nitrogens is 1. The highest BCUT2D eigenvalue weighted by atomic mass is 16.5. The van der Waals surface area contributed by atoms with Crippen LogP contribution in [0.15, 0.2) is 59.2 Å². The summed E-state index contributed by atoms with van der Waals surface area (Å²) in [6, 6.07) is 15.4. The van der Waals surface area contributed by atoms with Gasteiger partial charge in [-0.15, -0.1) is 0 Å². The van der Waals surface area contributed by atoms with E-state index in [1.807, 2.05) is 69.3 Å². The highest BCUT2D eigenvalue weighted by Gasteiger charge is 2.38. The van der Waals surface area contributed by atoms with Crippen molar-refractivity contribution in [3.63, 3.8) is 0 Å². The maximum absolute atomic E-state index is 12.6. The van der Waals surface area contributed by atoms with Crippen LogP contribution in [-0.2, 0) is 30.3 Å². The van der Waals surface area contributed by atoms with E-state index in [9.17, 15) is 9.59 Å². The van der Waals surface area contributed by atoms with Crippen molar-refractivity contribution in [2.45, 2.75) is 65.3 Å². The van der Waals surface area contributed by atoms with Crippen LogP contribution in [0.4, 0.5) is 0 Å². The normalized spacial score (nSPS) is 11.9. The summed E-state index contributed by atoms with van der Waals surface area (Å²) < 4.78 is 16.7. The lowest BCUT2D eigenvalue weighted by Crippen LogP contribution is -2.54.